The fourth-order valence-corrected chi connectivity index (χ4v) is 3.55. The molecule has 148 valence electrons. The maximum atomic E-state index is 14.0. The Morgan fingerprint density at radius 3 is 2.37 bits per heavy atom. The molecule has 0 spiro atoms. The van der Waals surface area contributed by atoms with Gasteiger partial charge in [0.05, 0.1) is 4.92 Å². The molecule has 0 aliphatic heterocycles. The third kappa shape index (κ3) is 4.38. The number of hydrogen-bond donors (Lipinski definition) is 1. The Morgan fingerprint density at radius 2 is 1.85 bits per heavy atom. The molecule has 0 saturated heterocycles. The number of nitro groups is 1. The predicted molar refractivity (Wildman–Crippen MR) is 96.5 cm³/mol. The average molecular weight is 446 g/mol. The van der Waals surface area contributed by atoms with Gasteiger partial charge >= 0.3 is 0 Å². The van der Waals surface area contributed by atoms with Crippen LogP contribution in [-0.4, -0.2) is 16.0 Å². The third-order valence-electron chi connectivity index (χ3n) is 3.61. The summed E-state index contributed by atoms with van der Waals surface area (Å²) in [6, 6.07) is 2.70. The first-order valence-corrected chi connectivity index (χ1v) is 9.34. The number of hydrogen-bond acceptors (Lipinski definition) is 4. The monoisotopic (exact) mass is 445 g/mol. The van der Waals surface area contributed by atoms with Crippen molar-refractivity contribution < 1.29 is 32.3 Å². The van der Waals surface area contributed by atoms with Gasteiger partial charge in [-0.15, -0.1) is 12.4 Å². The number of ether oxygens (including phenoxy) is 1. The van der Waals surface area contributed by atoms with Crippen LogP contribution in [0.4, 0.5) is 18.9 Å². The second-order valence-corrected chi connectivity index (χ2v) is 8.13. The highest BCUT2D eigenvalue weighted by molar-refractivity contribution is 7.66. The molecule has 0 amide bonds. The minimum Gasteiger partial charge on any atom is -0.452 e. The molecule has 0 bridgehead atoms. The van der Waals surface area contributed by atoms with Gasteiger partial charge in [-0.2, -0.15) is 4.39 Å². The van der Waals surface area contributed by atoms with Gasteiger partial charge in [0.15, 0.2) is 17.4 Å². The molecule has 2 rings (SSSR count). The number of rotatable bonds is 5. The van der Waals surface area contributed by atoms with Crippen LogP contribution in [0.2, 0.25) is 5.02 Å². The minimum absolute atomic E-state index is 0. The first-order valence-electron chi connectivity index (χ1n) is 7.12. The van der Waals surface area contributed by atoms with E-state index in [1.54, 1.807) is 0 Å². The third-order valence-corrected chi connectivity index (χ3v) is 5.92. The summed E-state index contributed by atoms with van der Waals surface area (Å²) in [4.78, 5) is 20.1. The molecule has 2 aromatic rings. The molecule has 2 aromatic carbocycles. The quantitative estimate of drug-likeness (QED) is 0.299. The Balaban J connectivity index is 0.00000364. The molecule has 0 fully saturated rings. The van der Waals surface area contributed by atoms with E-state index in [1.807, 2.05) is 0 Å². The van der Waals surface area contributed by atoms with Crippen molar-refractivity contribution in [3.63, 3.8) is 0 Å². The lowest BCUT2D eigenvalue weighted by molar-refractivity contribution is -0.383. The topological polar surface area (TPSA) is 89.7 Å². The van der Waals surface area contributed by atoms with Crippen LogP contribution in [-0.2, 0) is 4.57 Å². The van der Waals surface area contributed by atoms with E-state index >= 15 is 0 Å². The van der Waals surface area contributed by atoms with Crippen molar-refractivity contribution in [1.82, 2.24) is 0 Å². The van der Waals surface area contributed by atoms with Crippen molar-refractivity contribution in [2.24, 2.45) is 0 Å². The largest absolute Gasteiger partial charge is 0.452 e. The summed E-state index contributed by atoms with van der Waals surface area (Å²) < 4.78 is 58.8. The molecule has 0 aliphatic rings. The molecular weight excluding hydrogens is 433 g/mol. The second kappa shape index (κ2) is 8.48. The smallest absolute Gasteiger partial charge is 0.282 e. The molecule has 12 heteroatoms. The minimum atomic E-state index is -4.10. The molecule has 1 unspecified atom stereocenters. The van der Waals surface area contributed by atoms with Crippen LogP contribution in [0, 0.1) is 34.5 Å². The van der Waals surface area contributed by atoms with E-state index < -0.39 is 57.1 Å². The van der Waals surface area contributed by atoms with Crippen LogP contribution >= 0.6 is 31.4 Å². The maximum absolute atomic E-state index is 14.0. The van der Waals surface area contributed by atoms with E-state index in [1.165, 1.54) is 6.92 Å². The Bertz CT molecular complexity index is 929. The zero-order valence-corrected chi connectivity index (χ0v) is 16.3. The highest BCUT2D eigenvalue weighted by Gasteiger charge is 2.30. The molecule has 0 aromatic heterocycles. The number of halogens is 5. The van der Waals surface area contributed by atoms with Gasteiger partial charge in [-0.25, -0.2) is 8.78 Å². The molecule has 1 N–H and O–H groups in total. The Hall–Kier alpha value is -1.80. The van der Waals surface area contributed by atoms with Crippen molar-refractivity contribution in [2.45, 2.75) is 13.8 Å². The second-order valence-electron chi connectivity index (χ2n) is 5.24. The van der Waals surface area contributed by atoms with Crippen molar-refractivity contribution in [3.8, 4) is 11.5 Å². The number of benzene rings is 2. The lowest BCUT2D eigenvalue weighted by Gasteiger charge is -2.14. The zero-order chi connectivity index (χ0) is 19.8. The fraction of sp³-hybridized carbons (Fsp3) is 0.200. The zero-order valence-electron chi connectivity index (χ0n) is 13.8. The summed E-state index contributed by atoms with van der Waals surface area (Å²) in [6.07, 6.45) is -0.305. The van der Waals surface area contributed by atoms with E-state index in [9.17, 15) is 32.7 Å². The van der Waals surface area contributed by atoms with Crippen molar-refractivity contribution in [1.29, 1.82) is 0 Å². The lowest BCUT2D eigenvalue weighted by Crippen LogP contribution is -2.12. The van der Waals surface area contributed by atoms with Crippen molar-refractivity contribution in [3.05, 3.63) is 56.4 Å². The van der Waals surface area contributed by atoms with Crippen LogP contribution in [0.5, 0.6) is 11.5 Å². The van der Waals surface area contributed by atoms with Gasteiger partial charge in [0, 0.05) is 23.9 Å². The summed E-state index contributed by atoms with van der Waals surface area (Å²) in [6.45, 7) is 2.33. The van der Waals surface area contributed by atoms with Gasteiger partial charge in [0.25, 0.3) is 5.69 Å². The molecule has 0 heterocycles. The standard InChI is InChI=1S/C15H12ClF3NO5P.ClH/c1-3-26(23,24)10-6-8(4-5-9(10)20(21)22)25-15-11(16)12(17)7(2)13(18)14(15)19;/h4-6H,3H2,1-2H3,(H,23,24);1H. The van der Waals surface area contributed by atoms with Crippen molar-refractivity contribution in [2.75, 3.05) is 6.16 Å². The Labute approximate surface area is 162 Å². The molecule has 0 saturated carbocycles. The van der Waals surface area contributed by atoms with Crippen LogP contribution < -0.4 is 10.0 Å². The van der Waals surface area contributed by atoms with Crippen LogP contribution in [0.25, 0.3) is 0 Å². The Morgan fingerprint density at radius 1 is 1.26 bits per heavy atom. The van der Waals surface area contributed by atoms with E-state index in [4.69, 9.17) is 16.3 Å². The van der Waals surface area contributed by atoms with Gasteiger partial charge < -0.3 is 9.63 Å². The van der Waals surface area contributed by atoms with Gasteiger partial charge in [-0.1, -0.05) is 18.5 Å². The van der Waals surface area contributed by atoms with Crippen molar-refractivity contribution >= 4 is 42.4 Å². The SMILES string of the molecule is CCP(=O)(O)c1cc(Oc2c(F)c(F)c(C)c(F)c2Cl)ccc1[N+](=O)[O-].Cl. The van der Waals surface area contributed by atoms with Gasteiger partial charge in [0.2, 0.25) is 13.2 Å². The first kappa shape index (κ1) is 23.2. The van der Waals surface area contributed by atoms with Crippen LogP contribution in [0.3, 0.4) is 0 Å². The normalized spacial score (nSPS) is 12.9. The van der Waals surface area contributed by atoms with E-state index in [2.05, 4.69) is 0 Å². The van der Waals surface area contributed by atoms with Crippen LogP contribution in [0.1, 0.15) is 12.5 Å². The van der Waals surface area contributed by atoms with Gasteiger partial charge in [-0.3, -0.25) is 14.7 Å². The summed E-state index contributed by atoms with van der Waals surface area (Å²) >= 11 is 5.65. The maximum Gasteiger partial charge on any atom is 0.282 e. The molecule has 6 nitrogen and oxygen atoms in total. The van der Waals surface area contributed by atoms with E-state index in [0.29, 0.717) is 0 Å². The van der Waals surface area contributed by atoms with E-state index in [-0.39, 0.29) is 24.3 Å². The predicted octanol–water partition coefficient (Wildman–Crippen LogP) is 5.10. The lowest BCUT2D eigenvalue weighted by atomic mass is 10.2. The van der Waals surface area contributed by atoms with Gasteiger partial charge in [-0.05, 0) is 13.0 Å². The van der Waals surface area contributed by atoms with E-state index in [0.717, 1.165) is 25.1 Å². The highest BCUT2D eigenvalue weighted by atomic mass is 35.5. The summed E-state index contributed by atoms with van der Waals surface area (Å²) in [5.41, 5.74) is -1.28. The first-order chi connectivity index (χ1) is 12.0. The highest BCUT2D eigenvalue weighted by Crippen LogP contribution is 2.44. The molecule has 1 atom stereocenters. The molecule has 27 heavy (non-hydrogen) atoms. The average Bonchev–Trinajstić information content (AvgIpc) is 2.61. The fourth-order valence-electron chi connectivity index (χ4n) is 2.10. The molecular formula is C15H13Cl2F3NO5P. The van der Waals surface area contributed by atoms with Crippen LogP contribution in [0.15, 0.2) is 18.2 Å². The number of nitrogens with zero attached hydrogens (tertiary/aromatic N) is 1. The summed E-state index contributed by atoms with van der Waals surface area (Å²) in [5, 5.41) is 9.68. The number of nitro benzene ring substituents is 1. The summed E-state index contributed by atoms with van der Waals surface area (Å²) in [7, 11) is -4.10. The Kier molecular flexibility index (Phi) is 7.30. The summed E-state index contributed by atoms with van der Waals surface area (Å²) in [5.74, 6) is -5.63. The molecule has 0 radical (unpaired) electrons. The van der Waals surface area contributed by atoms with Gasteiger partial charge in [0.1, 0.15) is 16.1 Å². The molecule has 0 aliphatic carbocycles.